The van der Waals surface area contributed by atoms with Gasteiger partial charge >= 0.3 is 6.03 Å². The van der Waals surface area contributed by atoms with E-state index in [-0.39, 0.29) is 17.9 Å². The summed E-state index contributed by atoms with van der Waals surface area (Å²) in [5, 5.41) is 5.19. The van der Waals surface area contributed by atoms with Crippen LogP contribution in [0.3, 0.4) is 0 Å². The Balaban J connectivity index is 2.72. The molecule has 20 heavy (non-hydrogen) atoms. The first-order chi connectivity index (χ1) is 9.47. The topological polar surface area (TPSA) is 61.4 Å². The number of carbonyl (C=O) groups is 2. The molecule has 1 aromatic carbocycles. The van der Waals surface area contributed by atoms with Crippen molar-refractivity contribution >= 4 is 26.9 Å². The maximum atomic E-state index is 11.9. The lowest BCUT2D eigenvalue weighted by Crippen LogP contribution is -2.33. The van der Waals surface area contributed by atoms with E-state index in [4.69, 9.17) is 0 Å². The number of rotatable bonds is 6. The number of urea groups is 1. The van der Waals surface area contributed by atoms with Crippen LogP contribution in [0.4, 0.5) is 10.5 Å². The van der Waals surface area contributed by atoms with Gasteiger partial charge in [0.15, 0.2) is 0 Å². The molecule has 0 spiro atoms. The highest BCUT2D eigenvalue weighted by atomic mass is 31.0. The molecule has 0 bridgehead atoms. The average Bonchev–Trinajstić information content (AvgIpc) is 2.45. The van der Waals surface area contributed by atoms with E-state index in [1.165, 1.54) is 0 Å². The molecule has 0 aliphatic heterocycles. The van der Waals surface area contributed by atoms with Gasteiger partial charge in [0.25, 0.3) is 0 Å². The molecule has 5 nitrogen and oxygen atoms in total. The number of amides is 2. The van der Waals surface area contributed by atoms with Gasteiger partial charge in [0.1, 0.15) is 5.78 Å². The van der Waals surface area contributed by atoms with Gasteiger partial charge in [-0.2, -0.15) is 0 Å². The van der Waals surface area contributed by atoms with Crippen molar-refractivity contribution in [3.63, 3.8) is 0 Å². The van der Waals surface area contributed by atoms with E-state index < -0.39 is 0 Å². The fraction of sp³-hybridized carbons (Fsp3) is 0.429. The summed E-state index contributed by atoms with van der Waals surface area (Å²) in [6.07, 6.45) is 1.19. The van der Waals surface area contributed by atoms with Crippen LogP contribution in [0, 0.1) is 0 Å². The summed E-state index contributed by atoms with van der Waals surface area (Å²) in [5.41, 5.74) is 1.79. The highest BCUT2D eigenvalue weighted by molar-refractivity contribution is 7.13. The van der Waals surface area contributed by atoms with Crippen LogP contribution in [0.1, 0.15) is 18.9 Å². The lowest BCUT2D eigenvalue weighted by atomic mass is 10.0. The van der Waals surface area contributed by atoms with Gasteiger partial charge in [0.05, 0.1) is 6.04 Å². The molecule has 0 aromatic heterocycles. The van der Waals surface area contributed by atoms with Gasteiger partial charge in [-0.25, -0.2) is 4.79 Å². The Morgan fingerprint density at radius 3 is 2.35 bits per heavy atom. The molecule has 0 aliphatic rings. The minimum atomic E-state index is -0.249. The van der Waals surface area contributed by atoms with Crippen molar-refractivity contribution in [2.75, 3.05) is 19.4 Å². The van der Waals surface area contributed by atoms with Crippen LogP contribution in [0.15, 0.2) is 24.3 Å². The normalized spacial score (nSPS) is 12.1. The number of Topliss-reactive ketones (excluding diaryl/α,β-unsaturated/α-hetero) is 1. The van der Waals surface area contributed by atoms with Crippen LogP contribution in [0.5, 0.6) is 0 Å². The van der Waals surface area contributed by atoms with Gasteiger partial charge in [-0.3, -0.25) is 9.46 Å². The maximum absolute atomic E-state index is 11.9. The first-order valence-corrected chi connectivity index (χ1v) is 7.07. The van der Waals surface area contributed by atoms with E-state index in [9.17, 15) is 9.59 Å². The van der Waals surface area contributed by atoms with Crippen molar-refractivity contribution in [1.29, 1.82) is 0 Å². The summed E-state index contributed by atoms with van der Waals surface area (Å²) in [5.74, 6) is 0.218. The highest BCUT2D eigenvalue weighted by Gasteiger charge is 2.19. The van der Waals surface area contributed by atoms with Gasteiger partial charge in [-0.05, 0) is 31.2 Å². The van der Waals surface area contributed by atoms with E-state index in [1.54, 1.807) is 7.05 Å². The Bertz CT molecular complexity index is 460. The Morgan fingerprint density at radius 2 is 1.90 bits per heavy atom. The summed E-state index contributed by atoms with van der Waals surface area (Å²) in [4.78, 5) is 23.1. The summed E-state index contributed by atoms with van der Waals surface area (Å²) < 4.78 is 1.86. The third-order valence-corrected chi connectivity index (χ3v) is 3.44. The number of nitrogens with one attached hydrogen (secondary N) is 2. The second-order valence-corrected chi connectivity index (χ2v) is 5.42. The molecule has 0 saturated carbocycles. The second-order valence-electron chi connectivity index (χ2n) is 4.61. The second kappa shape index (κ2) is 7.98. The van der Waals surface area contributed by atoms with Crippen LogP contribution in [-0.2, 0) is 11.2 Å². The molecule has 2 N–H and O–H groups in total. The molecule has 0 heterocycles. The molecule has 2 amide bonds. The Labute approximate surface area is 122 Å². The molecule has 1 aromatic rings. The largest absolute Gasteiger partial charge is 0.341 e. The average molecular weight is 295 g/mol. The number of hydrogen-bond acceptors (Lipinski definition) is 3. The number of likely N-dealkylation sites (N-methyl/N-ethyl adjacent to an activating group) is 1. The lowest BCUT2D eigenvalue weighted by Gasteiger charge is -2.22. The predicted octanol–water partition coefficient (Wildman–Crippen LogP) is 2.05. The Morgan fingerprint density at radius 1 is 1.30 bits per heavy atom. The van der Waals surface area contributed by atoms with Crippen molar-refractivity contribution in [3.05, 3.63) is 29.8 Å². The summed E-state index contributed by atoms with van der Waals surface area (Å²) in [6.45, 7) is 1.87. The molecule has 0 aliphatic carbocycles. The van der Waals surface area contributed by atoms with Gasteiger partial charge in [-0.15, -0.1) is 0 Å². The first kappa shape index (κ1) is 16.6. The number of nitrogens with zero attached hydrogens (tertiary/aromatic N) is 1. The lowest BCUT2D eigenvalue weighted by molar-refractivity contribution is -0.122. The van der Waals surface area contributed by atoms with Crippen molar-refractivity contribution < 1.29 is 9.59 Å². The summed E-state index contributed by atoms with van der Waals surface area (Å²) in [6, 6.07) is 7.14. The van der Waals surface area contributed by atoms with Crippen LogP contribution in [-0.4, -0.2) is 36.6 Å². The maximum Gasteiger partial charge on any atom is 0.318 e. The zero-order valence-electron chi connectivity index (χ0n) is 12.1. The third-order valence-electron chi connectivity index (χ3n) is 3.08. The van der Waals surface area contributed by atoms with E-state index >= 15 is 0 Å². The zero-order chi connectivity index (χ0) is 15.1. The summed E-state index contributed by atoms with van der Waals surface area (Å²) >= 11 is 0. The van der Waals surface area contributed by atoms with Crippen molar-refractivity contribution in [1.82, 2.24) is 9.99 Å². The summed E-state index contributed by atoms with van der Waals surface area (Å²) in [7, 11) is 6.00. The van der Waals surface area contributed by atoms with Crippen molar-refractivity contribution in [2.45, 2.75) is 25.8 Å². The van der Waals surface area contributed by atoms with Gasteiger partial charge in [0.2, 0.25) is 0 Å². The van der Waals surface area contributed by atoms with Gasteiger partial charge < -0.3 is 10.6 Å². The van der Waals surface area contributed by atoms with Gasteiger partial charge in [-0.1, -0.05) is 28.4 Å². The number of carbonyl (C=O) groups excluding carboxylic acids is 2. The van der Waals surface area contributed by atoms with Crippen LogP contribution in [0.2, 0.25) is 0 Å². The van der Waals surface area contributed by atoms with Crippen molar-refractivity contribution in [2.24, 2.45) is 0 Å². The molecule has 0 fully saturated rings. The standard InChI is InChI=1S/C14H22N3O2P/c1-4-13(18)12(17(3)20)9-10-5-7-11(8-6-10)16-14(19)15-2/h5-8,12H,4,9,20H2,1-3H3,(H2,15,16,19)/t12-/m0/s1. The van der Waals surface area contributed by atoms with Gasteiger partial charge in [0, 0.05) is 19.2 Å². The highest BCUT2D eigenvalue weighted by Crippen LogP contribution is 2.16. The van der Waals surface area contributed by atoms with Crippen LogP contribution in [0.25, 0.3) is 0 Å². The van der Waals surface area contributed by atoms with Crippen LogP contribution >= 0.6 is 9.39 Å². The minimum Gasteiger partial charge on any atom is -0.341 e. The monoisotopic (exact) mass is 295 g/mol. The van der Waals surface area contributed by atoms with E-state index in [0.717, 1.165) is 11.3 Å². The number of hydrogen-bond donors (Lipinski definition) is 2. The molecule has 6 heteroatoms. The fourth-order valence-electron chi connectivity index (χ4n) is 1.86. The number of benzene rings is 1. The van der Waals surface area contributed by atoms with E-state index in [0.29, 0.717) is 12.8 Å². The minimum absolute atomic E-state index is 0.136. The molecule has 1 unspecified atom stereocenters. The molecule has 110 valence electrons. The van der Waals surface area contributed by atoms with E-state index in [2.05, 4.69) is 20.0 Å². The smallest absolute Gasteiger partial charge is 0.318 e. The molecule has 0 saturated heterocycles. The van der Waals surface area contributed by atoms with Crippen molar-refractivity contribution in [3.8, 4) is 0 Å². The first-order valence-electron chi connectivity index (χ1n) is 6.55. The zero-order valence-corrected chi connectivity index (χ0v) is 13.3. The third kappa shape index (κ3) is 4.91. The number of anilines is 1. The SMILES string of the molecule is CCC(=O)[C@H](Cc1ccc(NC(=O)NC)cc1)N(C)P. The quantitative estimate of drug-likeness (QED) is 0.790. The fourth-order valence-corrected chi connectivity index (χ4v) is 2.13. The molecular weight excluding hydrogens is 273 g/mol. The molecule has 1 rings (SSSR count). The number of ketones is 1. The Kier molecular flexibility index (Phi) is 6.62. The molecular formula is C14H22N3O2P. The van der Waals surface area contributed by atoms with Crippen LogP contribution < -0.4 is 10.6 Å². The molecule has 0 radical (unpaired) electrons. The molecule has 2 atom stereocenters. The van der Waals surface area contributed by atoms with E-state index in [1.807, 2.05) is 42.9 Å². The Hall–Kier alpha value is -1.45. The predicted molar refractivity (Wildman–Crippen MR) is 84.8 cm³/mol.